The van der Waals surface area contributed by atoms with Crippen molar-refractivity contribution in [2.75, 3.05) is 17.7 Å². The summed E-state index contributed by atoms with van der Waals surface area (Å²) < 4.78 is 0.855. The molecule has 0 aliphatic carbocycles. The van der Waals surface area contributed by atoms with E-state index < -0.39 is 4.92 Å². The first-order chi connectivity index (χ1) is 14.0. The molecule has 0 fully saturated rings. The Balaban J connectivity index is 1.66. The van der Waals surface area contributed by atoms with Crippen LogP contribution < -0.4 is 16.0 Å². The van der Waals surface area contributed by atoms with E-state index in [1.807, 2.05) is 22.9 Å². The molecule has 4 rings (SSSR count). The van der Waals surface area contributed by atoms with Gasteiger partial charge in [-0.2, -0.15) is 4.98 Å². The highest BCUT2D eigenvalue weighted by molar-refractivity contribution is 7.17. The Bertz CT molecular complexity index is 1200. The number of thiophene rings is 2. The minimum atomic E-state index is -0.454. The highest BCUT2D eigenvalue weighted by Gasteiger charge is 2.16. The number of nitro benzene ring substituents is 1. The van der Waals surface area contributed by atoms with Gasteiger partial charge in [0.25, 0.3) is 11.6 Å². The van der Waals surface area contributed by atoms with Crippen LogP contribution in [-0.2, 0) is 0 Å². The third-order valence-electron chi connectivity index (χ3n) is 3.99. The molecule has 0 saturated carbocycles. The molecule has 0 aliphatic rings. The Kier molecular flexibility index (Phi) is 5.06. The number of carbonyl (C=O) groups is 1. The summed E-state index contributed by atoms with van der Waals surface area (Å²) in [6.45, 7) is 0. The van der Waals surface area contributed by atoms with Gasteiger partial charge in [-0.25, -0.2) is 4.98 Å². The van der Waals surface area contributed by atoms with Crippen molar-refractivity contribution in [1.29, 1.82) is 0 Å². The Morgan fingerprint density at radius 1 is 1.03 bits per heavy atom. The van der Waals surface area contributed by atoms with Crippen molar-refractivity contribution in [3.63, 3.8) is 0 Å². The second-order valence-electron chi connectivity index (χ2n) is 5.83. The second kappa shape index (κ2) is 7.81. The minimum Gasteiger partial charge on any atom is -0.354 e. The SMILES string of the molecule is CNC(=O)c1sccc1Nc1nc(Nc2ccc([N+](=O)[O-])cc2)nc2ccsc12. The summed E-state index contributed by atoms with van der Waals surface area (Å²) in [7, 11) is 1.58. The number of hydrogen-bond acceptors (Lipinski definition) is 9. The number of carbonyl (C=O) groups excluding carboxylic acids is 1. The van der Waals surface area contributed by atoms with E-state index >= 15 is 0 Å². The third kappa shape index (κ3) is 3.86. The number of non-ortho nitro benzene ring substituents is 1. The van der Waals surface area contributed by atoms with E-state index in [0.717, 1.165) is 10.2 Å². The molecule has 0 atom stereocenters. The molecule has 0 bridgehead atoms. The molecule has 0 radical (unpaired) electrons. The lowest BCUT2D eigenvalue weighted by Gasteiger charge is -2.10. The Morgan fingerprint density at radius 3 is 2.52 bits per heavy atom. The summed E-state index contributed by atoms with van der Waals surface area (Å²) in [5, 5.41) is 23.5. The number of nitrogens with zero attached hydrogens (tertiary/aromatic N) is 3. The standard InChI is InChI=1S/C18H14N6O3S2/c1-19-17(25)15-13(7-9-29-15)21-16-14-12(6-8-28-14)22-18(23-16)20-10-2-4-11(5-3-10)24(26)27/h2-9H,1H3,(H,19,25)(H2,20,21,22,23). The van der Waals surface area contributed by atoms with E-state index in [9.17, 15) is 14.9 Å². The van der Waals surface area contributed by atoms with Gasteiger partial charge in [-0.05, 0) is 35.0 Å². The Labute approximate surface area is 172 Å². The summed E-state index contributed by atoms with van der Waals surface area (Å²) >= 11 is 2.82. The van der Waals surface area contributed by atoms with Crippen LogP contribution in [0, 0.1) is 10.1 Å². The molecular weight excluding hydrogens is 412 g/mol. The van der Waals surface area contributed by atoms with Gasteiger partial charge >= 0.3 is 0 Å². The molecule has 0 aliphatic heterocycles. The summed E-state index contributed by atoms with van der Waals surface area (Å²) in [6.07, 6.45) is 0. The molecule has 146 valence electrons. The van der Waals surface area contributed by atoms with Crippen LogP contribution in [0.4, 0.5) is 28.8 Å². The Hall–Kier alpha value is -3.57. The van der Waals surface area contributed by atoms with Crippen LogP contribution in [0.15, 0.2) is 47.2 Å². The van der Waals surface area contributed by atoms with Crippen molar-refractivity contribution < 1.29 is 9.72 Å². The van der Waals surface area contributed by atoms with Crippen LogP contribution in [0.25, 0.3) is 10.2 Å². The summed E-state index contributed by atoms with van der Waals surface area (Å²) in [6, 6.07) is 9.70. The van der Waals surface area contributed by atoms with Crippen molar-refractivity contribution in [1.82, 2.24) is 15.3 Å². The van der Waals surface area contributed by atoms with Crippen molar-refractivity contribution in [3.05, 3.63) is 62.1 Å². The van der Waals surface area contributed by atoms with Crippen LogP contribution in [0.5, 0.6) is 0 Å². The third-order valence-corrected chi connectivity index (χ3v) is 5.81. The molecule has 1 amide bonds. The minimum absolute atomic E-state index is 0.00583. The first kappa shape index (κ1) is 18.8. The lowest BCUT2D eigenvalue weighted by molar-refractivity contribution is -0.384. The van der Waals surface area contributed by atoms with Crippen molar-refractivity contribution >= 4 is 67.6 Å². The quantitative estimate of drug-likeness (QED) is 0.306. The van der Waals surface area contributed by atoms with Crippen LogP contribution >= 0.6 is 22.7 Å². The molecule has 29 heavy (non-hydrogen) atoms. The average Bonchev–Trinajstić information content (AvgIpc) is 3.37. The molecule has 9 nitrogen and oxygen atoms in total. The summed E-state index contributed by atoms with van der Waals surface area (Å²) in [4.78, 5) is 32.0. The fraction of sp³-hybridized carbons (Fsp3) is 0.0556. The topological polar surface area (TPSA) is 122 Å². The predicted molar refractivity (Wildman–Crippen MR) is 115 cm³/mol. The highest BCUT2D eigenvalue weighted by atomic mass is 32.1. The largest absolute Gasteiger partial charge is 0.354 e. The van der Waals surface area contributed by atoms with Gasteiger partial charge in [-0.1, -0.05) is 0 Å². The molecule has 0 spiro atoms. The van der Waals surface area contributed by atoms with E-state index in [1.54, 1.807) is 19.2 Å². The maximum absolute atomic E-state index is 12.1. The molecule has 11 heteroatoms. The van der Waals surface area contributed by atoms with Gasteiger partial charge in [-0.3, -0.25) is 14.9 Å². The van der Waals surface area contributed by atoms with Crippen molar-refractivity contribution in [2.24, 2.45) is 0 Å². The van der Waals surface area contributed by atoms with Gasteiger partial charge in [0.1, 0.15) is 4.88 Å². The molecule has 1 aromatic carbocycles. The van der Waals surface area contributed by atoms with Gasteiger partial charge in [0.05, 0.1) is 20.8 Å². The highest BCUT2D eigenvalue weighted by Crippen LogP contribution is 2.33. The number of anilines is 4. The van der Waals surface area contributed by atoms with Crippen LogP contribution in [0.2, 0.25) is 0 Å². The van der Waals surface area contributed by atoms with Crippen molar-refractivity contribution in [2.45, 2.75) is 0 Å². The smallest absolute Gasteiger partial charge is 0.269 e. The van der Waals surface area contributed by atoms with E-state index in [2.05, 4.69) is 25.9 Å². The molecule has 4 aromatic rings. The van der Waals surface area contributed by atoms with E-state index in [-0.39, 0.29) is 11.6 Å². The van der Waals surface area contributed by atoms with E-state index in [0.29, 0.717) is 28.0 Å². The number of nitrogens with one attached hydrogen (secondary N) is 3. The first-order valence-corrected chi connectivity index (χ1v) is 10.1. The maximum atomic E-state index is 12.1. The van der Waals surface area contributed by atoms with Crippen LogP contribution in [0.1, 0.15) is 9.67 Å². The number of aromatic nitrogens is 2. The zero-order valence-electron chi connectivity index (χ0n) is 15.0. The van der Waals surface area contributed by atoms with Gasteiger partial charge in [0, 0.05) is 24.9 Å². The number of fused-ring (bicyclic) bond motifs is 1. The fourth-order valence-corrected chi connectivity index (χ4v) is 4.20. The van der Waals surface area contributed by atoms with Crippen LogP contribution in [0.3, 0.4) is 0 Å². The van der Waals surface area contributed by atoms with E-state index in [1.165, 1.54) is 34.8 Å². The van der Waals surface area contributed by atoms with Gasteiger partial charge in [0.15, 0.2) is 5.82 Å². The van der Waals surface area contributed by atoms with E-state index in [4.69, 9.17) is 0 Å². The molecule has 3 N–H and O–H groups in total. The zero-order chi connectivity index (χ0) is 20.4. The average molecular weight is 426 g/mol. The number of hydrogen-bond donors (Lipinski definition) is 3. The molecule has 3 heterocycles. The predicted octanol–water partition coefficient (Wildman–Crippen LogP) is 4.51. The Morgan fingerprint density at radius 2 is 1.79 bits per heavy atom. The van der Waals surface area contributed by atoms with Gasteiger partial charge in [0.2, 0.25) is 5.95 Å². The molecular formula is C18H14N6O3S2. The van der Waals surface area contributed by atoms with Gasteiger partial charge in [-0.15, -0.1) is 22.7 Å². The maximum Gasteiger partial charge on any atom is 0.269 e. The normalized spacial score (nSPS) is 10.7. The molecule has 3 aromatic heterocycles. The summed E-state index contributed by atoms with van der Waals surface area (Å²) in [5.41, 5.74) is 2.03. The second-order valence-corrected chi connectivity index (χ2v) is 7.66. The zero-order valence-corrected chi connectivity index (χ0v) is 16.6. The molecule has 0 unspecified atom stereocenters. The summed E-state index contributed by atoms with van der Waals surface area (Å²) in [5.74, 6) is 0.727. The lowest BCUT2D eigenvalue weighted by atomic mass is 10.3. The van der Waals surface area contributed by atoms with Crippen LogP contribution in [-0.4, -0.2) is 27.8 Å². The lowest BCUT2D eigenvalue weighted by Crippen LogP contribution is -2.17. The number of rotatable bonds is 6. The number of nitro groups is 1. The monoisotopic (exact) mass is 426 g/mol. The number of amides is 1. The molecule has 0 saturated heterocycles. The van der Waals surface area contributed by atoms with Gasteiger partial charge < -0.3 is 16.0 Å². The fourth-order valence-electron chi connectivity index (χ4n) is 2.62. The number of benzene rings is 1. The van der Waals surface area contributed by atoms with Crippen molar-refractivity contribution in [3.8, 4) is 0 Å². The first-order valence-electron chi connectivity index (χ1n) is 8.38.